The number of nitrogens with zero attached hydrogens (tertiary/aromatic N) is 1. The quantitative estimate of drug-likeness (QED) is 0.622. The van der Waals surface area contributed by atoms with Gasteiger partial charge in [-0.05, 0) is 19.1 Å². The third-order valence-electron chi connectivity index (χ3n) is 1.77. The first-order valence-corrected chi connectivity index (χ1v) is 5.45. The van der Waals surface area contributed by atoms with Crippen LogP contribution in [0.3, 0.4) is 0 Å². The number of aliphatic hydroxyl groups is 1. The van der Waals surface area contributed by atoms with Crippen LogP contribution in [0.5, 0.6) is 0 Å². The SMILES string of the molecule is COC(=O)CSc1ccc([C@@H](C)O)nc1. The van der Waals surface area contributed by atoms with Gasteiger partial charge in [0.1, 0.15) is 0 Å². The number of carbonyl (C=O) groups is 1. The van der Waals surface area contributed by atoms with Gasteiger partial charge in [-0.15, -0.1) is 11.8 Å². The Bertz CT molecular complexity index is 324. The number of aromatic nitrogens is 1. The predicted octanol–water partition coefficient (Wildman–Crippen LogP) is 1.40. The summed E-state index contributed by atoms with van der Waals surface area (Å²) in [5, 5.41) is 9.23. The van der Waals surface area contributed by atoms with Crippen molar-refractivity contribution in [2.75, 3.05) is 12.9 Å². The van der Waals surface area contributed by atoms with Crippen LogP contribution >= 0.6 is 11.8 Å². The Morgan fingerprint density at radius 2 is 2.40 bits per heavy atom. The van der Waals surface area contributed by atoms with E-state index >= 15 is 0 Å². The van der Waals surface area contributed by atoms with Crippen LogP contribution in [0.15, 0.2) is 23.2 Å². The normalized spacial score (nSPS) is 12.2. The van der Waals surface area contributed by atoms with Crippen molar-refractivity contribution in [3.05, 3.63) is 24.0 Å². The minimum Gasteiger partial charge on any atom is -0.468 e. The maximum atomic E-state index is 10.9. The highest BCUT2D eigenvalue weighted by Crippen LogP contribution is 2.18. The van der Waals surface area contributed by atoms with Crippen LogP contribution in [0.4, 0.5) is 0 Å². The van der Waals surface area contributed by atoms with Crippen LogP contribution in [0.2, 0.25) is 0 Å². The average molecular weight is 227 g/mol. The number of pyridine rings is 1. The summed E-state index contributed by atoms with van der Waals surface area (Å²) in [6.07, 6.45) is 1.07. The van der Waals surface area contributed by atoms with Gasteiger partial charge in [-0.3, -0.25) is 9.78 Å². The van der Waals surface area contributed by atoms with E-state index in [1.165, 1.54) is 18.9 Å². The van der Waals surface area contributed by atoms with Gasteiger partial charge >= 0.3 is 5.97 Å². The topological polar surface area (TPSA) is 59.4 Å². The molecule has 82 valence electrons. The van der Waals surface area contributed by atoms with E-state index < -0.39 is 6.10 Å². The first kappa shape index (κ1) is 12.0. The Morgan fingerprint density at radius 1 is 1.67 bits per heavy atom. The molecule has 0 fully saturated rings. The molecule has 0 saturated heterocycles. The van der Waals surface area contributed by atoms with Crippen molar-refractivity contribution >= 4 is 17.7 Å². The fraction of sp³-hybridized carbons (Fsp3) is 0.400. The first-order valence-electron chi connectivity index (χ1n) is 4.47. The van der Waals surface area contributed by atoms with E-state index in [0.717, 1.165) is 4.90 Å². The molecule has 0 spiro atoms. The van der Waals surface area contributed by atoms with Crippen LogP contribution < -0.4 is 0 Å². The molecule has 4 nitrogen and oxygen atoms in total. The van der Waals surface area contributed by atoms with Gasteiger partial charge in [0, 0.05) is 11.1 Å². The minimum absolute atomic E-state index is 0.264. The van der Waals surface area contributed by atoms with E-state index in [1.54, 1.807) is 19.2 Å². The number of hydrogen-bond donors (Lipinski definition) is 1. The van der Waals surface area contributed by atoms with Gasteiger partial charge in [0.05, 0.1) is 24.7 Å². The molecule has 0 radical (unpaired) electrons. The van der Waals surface area contributed by atoms with E-state index in [4.69, 9.17) is 0 Å². The summed E-state index contributed by atoms with van der Waals surface area (Å²) in [4.78, 5) is 15.8. The average Bonchev–Trinajstić information content (AvgIpc) is 2.26. The highest BCUT2D eigenvalue weighted by atomic mass is 32.2. The van der Waals surface area contributed by atoms with Crippen LogP contribution in [-0.2, 0) is 9.53 Å². The molecule has 0 unspecified atom stereocenters. The summed E-state index contributed by atoms with van der Waals surface area (Å²) in [6, 6.07) is 3.56. The standard InChI is InChI=1S/C10H13NO3S/c1-7(12)9-4-3-8(5-11-9)15-6-10(13)14-2/h3-5,7,12H,6H2,1-2H3/t7-/m1/s1. The van der Waals surface area contributed by atoms with Gasteiger partial charge < -0.3 is 9.84 Å². The van der Waals surface area contributed by atoms with E-state index in [-0.39, 0.29) is 11.7 Å². The second-order valence-electron chi connectivity index (χ2n) is 2.96. The van der Waals surface area contributed by atoms with Crippen molar-refractivity contribution in [3.63, 3.8) is 0 Å². The molecule has 15 heavy (non-hydrogen) atoms. The number of carbonyl (C=O) groups excluding carboxylic acids is 1. The monoisotopic (exact) mass is 227 g/mol. The zero-order valence-electron chi connectivity index (χ0n) is 8.64. The lowest BCUT2D eigenvalue weighted by Crippen LogP contribution is -2.03. The molecule has 1 rings (SSSR count). The first-order chi connectivity index (χ1) is 7.13. The van der Waals surface area contributed by atoms with Gasteiger partial charge in [-0.25, -0.2) is 0 Å². The molecular formula is C10H13NO3S. The smallest absolute Gasteiger partial charge is 0.315 e. The second-order valence-corrected chi connectivity index (χ2v) is 4.01. The second kappa shape index (κ2) is 5.72. The van der Waals surface area contributed by atoms with E-state index in [1.807, 2.05) is 6.07 Å². The van der Waals surface area contributed by atoms with Crippen LogP contribution in [-0.4, -0.2) is 28.9 Å². The van der Waals surface area contributed by atoms with Crippen molar-refractivity contribution in [1.82, 2.24) is 4.98 Å². The largest absolute Gasteiger partial charge is 0.468 e. The maximum Gasteiger partial charge on any atom is 0.315 e. The molecule has 1 heterocycles. The fourth-order valence-electron chi connectivity index (χ4n) is 0.925. The van der Waals surface area contributed by atoms with Crippen molar-refractivity contribution < 1.29 is 14.6 Å². The molecule has 1 aromatic rings. The van der Waals surface area contributed by atoms with E-state index in [0.29, 0.717) is 5.69 Å². The third kappa shape index (κ3) is 3.89. The summed E-state index contributed by atoms with van der Waals surface area (Å²) in [5.74, 6) is 0.00579. The highest BCUT2D eigenvalue weighted by Gasteiger charge is 2.04. The van der Waals surface area contributed by atoms with Crippen molar-refractivity contribution in [2.24, 2.45) is 0 Å². The zero-order valence-corrected chi connectivity index (χ0v) is 9.45. The molecule has 1 atom stereocenters. The van der Waals surface area contributed by atoms with E-state index in [2.05, 4.69) is 9.72 Å². The number of hydrogen-bond acceptors (Lipinski definition) is 5. The van der Waals surface area contributed by atoms with Gasteiger partial charge in [0.2, 0.25) is 0 Å². The molecule has 0 aliphatic carbocycles. The number of esters is 1. The summed E-state index contributed by atoms with van der Waals surface area (Å²) in [7, 11) is 1.36. The Kier molecular flexibility index (Phi) is 4.58. The number of ether oxygens (including phenoxy) is 1. The summed E-state index contributed by atoms with van der Waals surface area (Å²) in [6.45, 7) is 1.66. The van der Waals surface area contributed by atoms with Gasteiger partial charge in [0.25, 0.3) is 0 Å². The van der Waals surface area contributed by atoms with Crippen LogP contribution in [0.1, 0.15) is 18.7 Å². The molecule has 1 N–H and O–H groups in total. The maximum absolute atomic E-state index is 10.9. The fourth-order valence-corrected chi connectivity index (χ4v) is 1.62. The molecule has 5 heteroatoms. The summed E-state index contributed by atoms with van der Waals surface area (Å²) < 4.78 is 4.51. The lowest BCUT2D eigenvalue weighted by molar-refractivity contribution is -0.137. The number of rotatable bonds is 4. The molecule has 0 aliphatic rings. The van der Waals surface area contributed by atoms with Gasteiger partial charge in [-0.2, -0.15) is 0 Å². The van der Waals surface area contributed by atoms with Crippen molar-refractivity contribution in [1.29, 1.82) is 0 Å². The Morgan fingerprint density at radius 3 is 2.87 bits per heavy atom. The molecule has 0 aliphatic heterocycles. The summed E-state index contributed by atoms with van der Waals surface area (Å²) >= 11 is 1.35. The number of thioether (sulfide) groups is 1. The van der Waals surface area contributed by atoms with Gasteiger partial charge in [-0.1, -0.05) is 0 Å². The number of methoxy groups -OCH3 is 1. The van der Waals surface area contributed by atoms with Crippen molar-refractivity contribution in [2.45, 2.75) is 17.9 Å². The molecular weight excluding hydrogens is 214 g/mol. The third-order valence-corrected chi connectivity index (χ3v) is 2.73. The Balaban J connectivity index is 2.53. The van der Waals surface area contributed by atoms with Crippen molar-refractivity contribution in [3.8, 4) is 0 Å². The van der Waals surface area contributed by atoms with E-state index in [9.17, 15) is 9.90 Å². The zero-order chi connectivity index (χ0) is 11.3. The Hall–Kier alpha value is -1.07. The lowest BCUT2D eigenvalue weighted by atomic mass is 10.2. The predicted molar refractivity (Wildman–Crippen MR) is 57.6 cm³/mol. The van der Waals surface area contributed by atoms with Crippen LogP contribution in [0.25, 0.3) is 0 Å². The molecule has 0 saturated carbocycles. The minimum atomic E-state index is -0.565. The molecule has 0 bridgehead atoms. The molecule has 0 amide bonds. The lowest BCUT2D eigenvalue weighted by Gasteiger charge is -2.04. The Labute approximate surface area is 92.7 Å². The van der Waals surface area contributed by atoms with Crippen LogP contribution in [0, 0.1) is 0 Å². The molecule has 0 aromatic carbocycles. The summed E-state index contributed by atoms with van der Waals surface area (Å²) in [5.41, 5.74) is 0.623. The van der Waals surface area contributed by atoms with Gasteiger partial charge in [0.15, 0.2) is 0 Å². The molecule has 1 aromatic heterocycles. The highest BCUT2D eigenvalue weighted by molar-refractivity contribution is 8.00. The number of aliphatic hydroxyl groups excluding tert-OH is 1.